The Morgan fingerprint density at radius 1 is 1.35 bits per heavy atom. The van der Waals surface area contributed by atoms with Gasteiger partial charge in [0.05, 0.1) is 5.75 Å². The Morgan fingerprint density at radius 3 is 2.45 bits per heavy atom. The van der Waals surface area contributed by atoms with Gasteiger partial charge in [-0.05, 0) is 39.0 Å². The van der Waals surface area contributed by atoms with Crippen molar-refractivity contribution in [2.75, 3.05) is 18.6 Å². The molecule has 0 bridgehead atoms. The van der Waals surface area contributed by atoms with Crippen molar-refractivity contribution in [2.24, 2.45) is 5.92 Å². The van der Waals surface area contributed by atoms with Crippen LogP contribution in [0.5, 0.6) is 0 Å². The highest BCUT2D eigenvalue weighted by Crippen LogP contribution is 2.42. The van der Waals surface area contributed by atoms with Gasteiger partial charge in [-0.15, -0.1) is 0 Å². The molecule has 0 radical (unpaired) electrons. The molecule has 7 heteroatoms. The van der Waals surface area contributed by atoms with Crippen molar-refractivity contribution in [1.82, 2.24) is 10.2 Å². The number of nitrogens with one attached hydrogen (secondary N) is 1. The van der Waals surface area contributed by atoms with Gasteiger partial charge in [-0.3, -0.25) is 9.59 Å². The summed E-state index contributed by atoms with van der Waals surface area (Å²) in [6.45, 7) is 3.77. The van der Waals surface area contributed by atoms with Crippen LogP contribution < -0.4 is 5.32 Å². The molecule has 0 aromatic rings. The third kappa shape index (κ3) is 2.97. The van der Waals surface area contributed by atoms with Crippen molar-refractivity contribution in [3.8, 4) is 0 Å². The summed E-state index contributed by atoms with van der Waals surface area (Å²) in [6.07, 6.45) is 3.45. The van der Waals surface area contributed by atoms with E-state index in [-0.39, 0.29) is 23.5 Å². The summed E-state index contributed by atoms with van der Waals surface area (Å²) in [5, 5.41) is 2.84. The zero-order valence-corrected chi connectivity index (χ0v) is 13.0. The Hall–Kier alpha value is -1.11. The SMILES string of the molecule is CC1C(=O)NC(C)(C2CC2)C(=O)N1CCCS(C)(=O)=O. The van der Waals surface area contributed by atoms with E-state index in [0.29, 0.717) is 13.0 Å². The average Bonchev–Trinajstić information content (AvgIpc) is 3.14. The molecule has 2 aliphatic rings. The summed E-state index contributed by atoms with van der Waals surface area (Å²) in [5.74, 6) is 0.00783. The van der Waals surface area contributed by atoms with Crippen LogP contribution in [0, 0.1) is 5.92 Å². The van der Waals surface area contributed by atoms with Gasteiger partial charge in [0, 0.05) is 12.8 Å². The second-order valence-electron chi connectivity index (χ2n) is 6.12. The van der Waals surface area contributed by atoms with E-state index in [0.717, 1.165) is 12.8 Å². The summed E-state index contributed by atoms with van der Waals surface area (Å²) in [6, 6.07) is -0.533. The first-order valence-corrected chi connectivity index (χ1v) is 9.02. The highest BCUT2D eigenvalue weighted by atomic mass is 32.2. The van der Waals surface area contributed by atoms with E-state index >= 15 is 0 Å². The molecule has 2 amide bonds. The van der Waals surface area contributed by atoms with Gasteiger partial charge in [0.15, 0.2) is 0 Å². The summed E-state index contributed by atoms with van der Waals surface area (Å²) >= 11 is 0. The van der Waals surface area contributed by atoms with E-state index in [1.807, 2.05) is 0 Å². The highest BCUT2D eigenvalue weighted by molar-refractivity contribution is 7.90. The average molecular weight is 302 g/mol. The molecule has 2 rings (SSSR count). The molecule has 0 aromatic carbocycles. The minimum atomic E-state index is -3.04. The van der Waals surface area contributed by atoms with Crippen LogP contribution in [0.25, 0.3) is 0 Å². The van der Waals surface area contributed by atoms with E-state index in [2.05, 4.69) is 5.32 Å². The molecule has 2 unspecified atom stereocenters. The predicted molar refractivity (Wildman–Crippen MR) is 74.8 cm³/mol. The third-order valence-corrected chi connectivity index (χ3v) is 5.27. The molecule has 1 aliphatic heterocycles. The molecule has 2 fully saturated rings. The first-order chi connectivity index (χ1) is 9.15. The topological polar surface area (TPSA) is 83.6 Å². The molecule has 1 N–H and O–H groups in total. The van der Waals surface area contributed by atoms with Crippen molar-refractivity contribution in [3.05, 3.63) is 0 Å². The quantitative estimate of drug-likeness (QED) is 0.771. The van der Waals surface area contributed by atoms with Crippen molar-refractivity contribution in [2.45, 2.75) is 44.7 Å². The van der Waals surface area contributed by atoms with Gasteiger partial charge >= 0.3 is 0 Å². The van der Waals surface area contributed by atoms with Gasteiger partial charge in [0.25, 0.3) is 0 Å². The second kappa shape index (κ2) is 5.02. The number of hydrogen-bond donors (Lipinski definition) is 1. The third-order valence-electron chi connectivity index (χ3n) is 4.24. The van der Waals surface area contributed by atoms with Gasteiger partial charge in [-0.25, -0.2) is 8.42 Å². The number of rotatable bonds is 5. The largest absolute Gasteiger partial charge is 0.340 e. The summed E-state index contributed by atoms with van der Waals surface area (Å²) in [7, 11) is -3.04. The highest BCUT2D eigenvalue weighted by Gasteiger charge is 2.54. The summed E-state index contributed by atoms with van der Waals surface area (Å²) in [4.78, 5) is 26.2. The zero-order chi connectivity index (χ0) is 15.1. The Bertz CT molecular complexity index is 526. The molecule has 1 aliphatic carbocycles. The maximum atomic E-state index is 12.6. The lowest BCUT2D eigenvalue weighted by Gasteiger charge is -2.43. The number of hydrogen-bond acceptors (Lipinski definition) is 4. The molecule has 0 aromatic heterocycles. The van der Waals surface area contributed by atoms with Crippen LogP contribution in [-0.2, 0) is 19.4 Å². The van der Waals surface area contributed by atoms with Gasteiger partial charge in [-0.1, -0.05) is 0 Å². The van der Waals surface area contributed by atoms with E-state index in [1.165, 1.54) is 11.2 Å². The maximum Gasteiger partial charge on any atom is 0.248 e. The monoisotopic (exact) mass is 302 g/mol. The summed E-state index contributed by atoms with van der Waals surface area (Å²) in [5.41, 5.74) is -0.811. The van der Waals surface area contributed by atoms with Crippen LogP contribution in [0.3, 0.4) is 0 Å². The molecular formula is C13H22N2O4S. The molecule has 114 valence electrons. The Kier molecular flexibility index (Phi) is 3.83. The van der Waals surface area contributed by atoms with Gasteiger partial charge in [0.2, 0.25) is 11.8 Å². The second-order valence-corrected chi connectivity index (χ2v) is 8.38. The van der Waals surface area contributed by atoms with Crippen molar-refractivity contribution < 1.29 is 18.0 Å². The van der Waals surface area contributed by atoms with Crippen LogP contribution in [0.1, 0.15) is 33.1 Å². The summed E-state index contributed by atoms with van der Waals surface area (Å²) < 4.78 is 22.3. The van der Waals surface area contributed by atoms with Crippen LogP contribution in [0.4, 0.5) is 0 Å². The fraction of sp³-hybridized carbons (Fsp3) is 0.846. The first kappa shape index (κ1) is 15.3. The van der Waals surface area contributed by atoms with Crippen LogP contribution >= 0.6 is 0 Å². The van der Waals surface area contributed by atoms with Gasteiger partial charge in [0.1, 0.15) is 21.4 Å². The standard InChI is InChI=1S/C13H22N2O4S/c1-9-11(16)14-13(2,10-5-6-10)12(17)15(9)7-4-8-20(3,18)19/h9-10H,4-8H2,1-3H3,(H,14,16). The van der Waals surface area contributed by atoms with E-state index in [1.54, 1.807) is 13.8 Å². The number of amides is 2. The molecule has 6 nitrogen and oxygen atoms in total. The molecular weight excluding hydrogens is 280 g/mol. The predicted octanol–water partition coefficient (Wildman–Crippen LogP) is -0.0633. The van der Waals surface area contributed by atoms with Crippen LogP contribution in [0.2, 0.25) is 0 Å². The van der Waals surface area contributed by atoms with Gasteiger partial charge in [-0.2, -0.15) is 0 Å². The van der Waals surface area contributed by atoms with Gasteiger partial charge < -0.3 is 10.2 Å². The first-order valence-electron chi connectivity index (χ1n) is 6.96. The fourth-order valence-corrected chi connectivity index (χ4v) is 3.41. The van der Waals surface area contributed by atoms with Crippen LogP contribution in [-0.4, -0.2) is 55.3 Å². The number of carbonyl (C=O) groups is 2. The van der Waals surface area contributed by atoms with Crippen molar-refractivity contribution in [1.29, 1.82) is 0 Å². The number of piperazine rings is 1. The van der Waals surface area contributed by atoms with Crippen molar-refractivity contribution >= 4 is 21.7 Å². The van der Waals surface area contributed by atoms with Crippen LogP contribution in [0.15, 0.2) is 0 Å². The Balaban J connectivity index is 2.08. The normalized spacial score (nSPS) is 31.4. The molecule has 1 heterocycles. The van der Waals surface area contributed by atoms with Crippen molar-refractivity contribution in [3.63, 3.8) is 0 Å². The van der Waals surface area contributed by atoms with E-state index in [9.17, 15) is 18.0 Å². The maximum absolute atomic E-state index is 12.6. The zero-order valence-electron chi connectivity index (χ0n) is 12.2. The van der Waals surface area contributed by atoms with E-state index in [4.69, 9.17) is 0 Å². The Morgan fingerprint density at radius 2 is 1.95 bits per heavy atom. The number of sulfone groups is 1. The number of carbonyl (C=O) groups excluding carboxylic acids is 2. The lowest BCUT2D eigenvalue weighted by Crippen LogP contribution is -2.69. The molecule has 20 heavy (non-hydrogen) atoms. The van der Waals surface area contributed by atoms with E-state index < -0.39 is 21.4 Å². The smallest absolute Gasteiger partial charge is 0.248 e. The minimum Gasteiger partial charge on any atom is -0.340 e. The lowest BCUT2D eigenvalue weighted by molar-refractivity contribution is -0.154. The number of nitrogens with zero attached hydrogens (tertiary/aromatic N) is 1. The fourth-order valence-electron chi connectivity index (χ4n) is 2.76. The molecule has 2 atom stereocenters. The lowest BCUT2D eigenvalue weighted by atomic mass is 9.89. The molecule has 0 spiro atoms. The Labute approximate surface area is 119 Å². The minimum absolute atomic E-state index is 0.0330. The molecule has 1 saturated heterocycles. The molecule has 1 saturated carbocycles.